The van der Waals surface area contributed by atoms with Crippen molar-refractivity contribution in [1.29, 1.82) is 0 Å². The van der Waals surface area contributed by atoms with E-state index >= 15 is 0 Å². The van der Waals surface area contributed by atoms with Crippen LogP contribution in [0.25, 0.3) is 76.8 Å². The average molecular weight is 535 g/mol. The van der Waals surface area contributed by atoms with Crippen molar-refractivity contribution in [2.45, 2.75) is 0 Å². The number of rotatable bonds is 3. The fourth-order valence-corrected chi connectivity index (χ4v) is 6.68. The number of nitrogens with zero attached hydrogens (tertiary/aromatic N) is 2. The summed E-state index contributed by atoms with van der Waals surface area (Å²) in [6.45, 7) is 0. The summed E-state index contributed by atoms with van der Waals surface area (Å²) < 4.78 is 4.69. The lowest BCUT2D eigenvalue weighted by Crippen LogP contribution is -1.93. The molecule has 2 nitrogen and oxygen atoms in total. The van der Waals surface area contributed by atoms with Crippen LogP contribution in [0.15, 0.2) is 158 Å². The largest absolute Gasteiger partial charge is 0.317 e. The van der Waals surface area contributed by atoms with Gasteiger partial charge in [0, 0.05) is 28.3 Å². The van der Waals surface area contributed by atoms with Gasteiger partial charge in [0.1, 0.15) is 0 Å². The van der Waals surface area contributed by atoms with E-state index in [-0.39, 0.29) is 0 Å². The third-order valence-electron chi connectivity index (χ3n) is 8.71. The number of hydrogen-bond acceptors (Lipinski definition) is 0. The second-order valence-electron chi connectivity index (χ2n) is 11.1. The van der Waals surface area contributed by atoms with E-state index in [9.17, 15) is 0 Å². The smallest absolute Gasteiger partial charge is 0.0547 e. The Morgan fingerprint density at radius 1 is 0.333 bits per heavy atom. The summed E-state index contributed by atoms with van der Waals surface area (Å²) in [6.07, 6.45) is 2.16. The van der Waals surface area contributed by atoms with Gasteiger partial charge in [-0.3, -0.25) is 0 Å². The van der Waals surface area contributed by atoms with Crippen molar-refractivity contribution in [3.05, 3.63) is 158 Å². The molecule has 0 radical (unpaired) electrons. The van der Waals surface area contributed by atoms with Crippen LogP contribution < -0.4 is 0 Å². The van der Waals surface area contributed by atoms with Gasteiger partial charge in [-0.15, -0.1) is 0 Å². The molecule has 0 unspecified atom stereocenters. The molecule has 0 aliphatic rings. The molecule has 0 amide bonds. The van der Waals surface area contributed by atoms with Crippen LogP contribution in [0.2, 0.25) is 0 Å². The third-order valence-corrected chi connectivity index (χ3v) is 8.71. The minimum absolute atomic E-state index is 1.17. The molecule has 2 heteroatoms. The van der Waals surface area contributed by atoms with Crippen LogP contribution in [0.4, 0.5) is 0 Å². The van der Waals surface area contributed by atoms with Crippen molar-refractivity contribution >= 4 is 54.3 Å². The second kappa shape index (κ2) is 8.95. The summed E-state index contributed by atoms with van der Waals surface area (Å²) >= 11 is 0. The Balaban J connectivity index is 1.31. The molecule has 2 aromatic heterocycles. The van der Waals surface area contributed by atoms with Gasteiger partial charge in [-0.1, -0.05) is 91.0 Å². The monoisotopic (exact) mass is 534 g/mol. The van der Waals surface area contributed by atoms with Crippen molar-refractivity contribution in [2.24, 2.45) is 0 Å². The Bertz CT molecular complexity index is 2440. The average Bonchev–Trinajstić information content (AvgIpc) is 3.63. The van der Waals surface area contributed by atoms with Crippen LogP contribution in [-0.2, 0) is 0 Å². The van der Waals surface area contributed by atoms with E-state index in [1.54, 1.807) is 0 Å². The van der Waals surface area contributed by atoms with Crippen LogP contribution in [0.3, 0.4) is 0 Å². The highest BCUT2D eigenvalue weighted by molar-refractivity contribution is 6.18. The number of benzene rings is 7. The van der Waals surface area contributed by atoms with Gasteiger partial charge in [0.25, 0.3) is 0 Å². The zero-order valence-corrected chi connectivity index (χ0v) is 22.9. The van der Waals surface area contributed by atoms with Gasteiger partial charge < -0.3 is 9.13 Å². The minimum Gasteiger partial charge on any atom is -0.317 e. The highest BCUT2D eigenvalue weighted by atomic mass is 15.0. The topological polar surface area (TPSA) is 9.86 Å². The Labute approximate surface area is 243 Å². The Kier molecular flexibility index (Phi) is 4.93. The lowest BCUT2D eigenvalue weighted by atomic mass is 9.98. The third kappa shape index (κ3) is 3.45. The van der Waals surface area contributed by atoms with Crippen LogP contribution in [0.1, 0.15) is 0 Å². The highest BCUT2D eigenvalue weighted by Crippen LogP contribution is 2.39. The summed E-state index contributed by atoms with van der Waals surface area (Å²) in [6, 6.07) is 55.2. The van der Waals surface area contributed by atoms with E-state index in [0.717, 1.165) is 0 Å². The molecule has 42 heavy (non-hydrogen) atoms. The van der Waals surface area contributed by atoms with Crippen LogP contribution in [0.5, 0.6) is 0 Å². The van der Waals surface area contributed by atoms with E-state index in [1.165, 1.54) is 76.8 Å². The molecule has 0 aliphatic heterocycles. The van der Waals surface area contributed by atoms with Crippen molar-refractivity contribution in [3.8, 4) is 22.5 Å². The number of para-hydroxylation sites is 2. The van der Waals surface area contributed by atoms with Gasteiger partial charge in [0.2, 0.25) is 0 Å². The van der Waals surface area contributed by atoms with E-state index in [4.69, 9.17) is 0 Å². The Morgan fingerprint density at radius 2 is 1.00 bits per heavy atom. The van der Waals surface area contributed by atoms with Gasteiger partial charge in [-0.05, 0) is 98.7 Å². The van der Waals surface area contributed by atoms with Crippen LogP contribution >= 0.6 is 0 Å². The maximum absolute atomic E-state index is 2.42. The molecular formula is C40H26N2. The lowest BCUT2D eigenvalue weighted by molar-refractivity contribution is 1.13. The second-order valence-corrected chi connectivity index (χ2v) is 11.1. The van der Waals surface area contributed by atoms with Crippen molar-refractivity contribution < 1.29 is 0 Å². The molecule has 0 atom stereocenters. The molecule has 0 aliphatic carbocycles. The maximum Gasteiger partial charge on any atom is 0.0547 e. The quantitative estimate of drug-likeness (QED) is 0.200. The maximum atomic E-state index is 2.42. The summed E-state index contributed by atoms with van der Waals surface area (Å²) in [5.74, 6) is 0. The summed E-state index contributed by atoms with van der Waals surface area (Å²) in [4.78, 5) is 0. The molecule has 9 rings (SSSR count). The van der Waals surface area contributed by atoms with E-state index in [1.807, 2.05) is 0 Å². The molecule has 9 aromatic rings. The number of hydrogen-bond donors (Lipinski definition) is 0. The first-order valence-electron chi connectivity index (χ1n) is 14.4. The Morgan fingerprint density at radius 3 is 1.86 bits per heavy atom. The molecule has 0 fully saturated rings. The SMILES string of the molecule is c1ccc(-n2ccc3ccc(-c4ccc5c(c4)c4cc6ccc7ccccc7c6cc4n5-c4ccccc4)cc32)cc1. The standard InChI is InChI=1S/C40H26N2/c1-3-10-32(11-4-1)41-22-21-28-16-17-30(25-39(28)41)29-19-20-38-36(23-29)37-24-31-18-15-27-9-7-8-14-34(27)35(31)26-40(37)42(38)33-12-5-2-6-13-33/h1-26H. The first-order valence-corrected chi connectivity index (χ1v) is 14.4. The summed E-state index contributed by atoms with van der Waals surface area (Å²) in [5, 5.41) is 8.88. The molecule has 0 N–H and O–H groups in total. The van der Waals surface area contributed by atoms with Gasteiger partial charge in [-0.2, -0.15) is 0 Å². The molecule has 0 bridgehead atoms. The highest BCUT2D eigenvalue weighted by Gasteiger charge is 2.16. The Hall–Kier alpha value is -5.60. The van der Waals surface area contributed by atoms with Gasteiger partial charge in [-0.25, -0.2) is 0 Å². The molecule has 196 valence electrons. The fraction of sp³-hybridized carbons (Fsp3) is 0. The predicted octanol–water partition coefficient (Wildman–Crippen LogP) is 10.7. The van der Waals surface area contributed by atoms with Crippen LogP contribution in [0, 0.1) is 0 Å². The van der Waals surface area contributed by atoms with E-state index in [2.05, 4.69) is 167 Å². The van der Waals surface area contributed by atoms with Crippen LogP contribution in [-0.4, -0.2) is 9.13 Å². The van der Waals surface area contributed by atoms with E-state index in [0.29, 0.717) is 0 Å². The van der Waals surface area contributed by atoms with Crippen molar-refractivity contribution in [2.75, 3.05) is 0 Å². The van der Waals surface area contributed by atoms with Crippen molar-refractivity contribution in [3.63, 3.8) is 0 Å². The van der Waals surface area contributed by atoms with E-state index < -0.39 is 0 Å². The zero-order valence-electron chi connectivity index (χ0n) is 22.9. The predicted molar refractivity (Wildman–Crippen MR) is 178 cm³/mol. The molecule has 0 saturated carbocycles. The zero-order chi connectivity index (χ0) is 27.6. The lowest BCUT2D eigenvalue weighted by Gasteiger charge is -2.10. The molecule has 7 aromatic carbocycles. The van der Waals surface area contributed by atoms with Crippen molar-refractivity contribution in [1.82, 2.24) is 9.13 Å². The van der Waals surface area contributed by atoms with Gasteiger partial charge >= 0.3 is 0 Å². The molecule has 0 spiro atoms. The normalized spacial score (nSPS) is 11.8. The van der Waals surface area contributed by atoms with Gasteiger partial charge in [0.15, 0.2) is 0 Å². The molecule has 0 saturated heterocycles. The minimum atomic E-state index is 1.17. The molecule has 2 heterocycles. The molecular weight excluding hydrogens is 508 g/mol. The summed E-state index contributed by atoms with van der Waals surface area (Å²) in [7, 11) is 0. The number of fused-ring (bicyclic) bond motifs is 7. The number of aromatic nitrogens is 2. The van der Waals surface area contributed by atoms with Gasteiger partial charge in [0.05, 0.1) is 16.6 Å². The fourth-order valence-electron chi connectivity index (χ4n) is 6.68. The summed E-state index contributed by atoms with van der Waals surface area (Å²) in [5.41, 5.74) is 8.43. The first kappa shape index (κ1) is 23.1. The first-order chi connectivity index (χ1) is 20.8.